The first-order valence-corrected chi connectivity index (χ1v) is 3.52. The fourth-order valence-electron chi connectivity index (χ4n) is 0.766. The first kappa shape index (κ1) is 7.94. The van der Waals surface area contributed by atoms with Crippen molar-refractivity contribution in [2.75, 3.05) is 0 Å². The molecule has 1 aromatic heterocycles. The molecule has 0 fully saturated rings. The number of hydrogen-bond acceptors (Lipinski definition) is 2. The second-order valence-electron chi connectivity index (χ2n) is 2.25. The van der Waals surface area contributed by atoms with Crippen molar-refractivity contribution < 1.29 is 0 Å². The number of pyridine rings is 1. The molecule has 0 amide bonds. The number of H-pyrrole nitrogens is 1. The van der Waals surface area contributed by atoms with Gasteiger partial charge in [-0.05, 0) is 19.1 Å². The van der Waals surface area contributed by atoms with E-state index in [2.05, 4.69) is 17.2 Å². The number of aryl methyl sites for hydroxylation is 1. The van der Waals surface area contributed by atoms with Gasteiger partial charge in [-0.1, -0.05) is 12.2 Å². The van der Waals surface area contributed by atoms with Crippen molar-refractivity contribution >= 4 is 17.2 Å². The molecule has 0 spiro atoms. The Bertz CT molecular complexity index is 343. The summed E-state index contributed by atoms with van der Waals surface area (Å²) >= 11 is 4.65. The topological polar surface area (TPSA) is 58.9 Å². The van der Waals surface area contributed by atoms with Crippen LogP contribution in [0.3, 0.4) is 0 Å². The highest BCUT2D eigenvalue weighted by Gasteiger charge is 2.00. The molecular formula is C7H8N2OS. The van der Waals surface area contributed by atoms with Crippen LogP contribution < -0.4 is 11.3 Å². The van der Waals surface area contributed by atoms with Gasteiger partial charge in [-0.15, -0.1) is 0 Å². The lowest BCUT2D eigenvalue weighted by atomic mass is 10.2. The van der Waals surface area contributed by atoms with Crippen LogP contribution in [-0.4, -0.2) is 9.97 Å². The molecule has 11 heavy (non-hydrogen) atoms. The highest BCUT2D eigenvalue weighted by atomic mass is 32.1. The van der Waals surface area contributed by atoms with Gasteiger partial charge < -0.3 is 10.7 Å². The van der Waals surface area contributed by atoms with Gasteiger partial charge in [-0.2, -0.15) is 0 Å². The molecule has 58 valence electrons. The Morgan fingerprint density at radius 2 is 2.27 bits per heavy atom. The van der Waals surface area contributed by atoms with Crippen molar-refractivity contribution in [3.05, 3.63) is 33.7 Å². The van der Waals surface area contributed by atoms with E-state index in [9.17, 15) is 4.79 Å². The van der Waals surface area contributed by atoms with Crippen molar-refractivity contribution in [3.8, 4) is 0 Å². The Hall–Kier alpha value is -1.16. The fourth-order valence-corrected chi connectivity index (χ4v) is 0.927. The maximum absolute atomic E-state index is 11.1. The minimum Gasteiger partial charge on any atom is -0.389 e. The quantitative estimate of drug-likeness (QED) is 0.594. The Morgan fingerprint density at radius 3 is 2.73 bits per heavy atom. The molecule has 0 atom stereocenters. The molecule has 0 saturated carbocycles. The predicted octanol–water partition coefficient (Wildman–Crippen LogP) is 0.318. The minimum absolute atomic E-state index is 0.131. The van der Waals surface area contributed by atoms with Crippen LogP contribution in [0.4, 0.5) is 0 Å². The van der Waals surface area contributed by atoms with E-state index in [1.54, 1.807) is 19.1 Å². The van der Waals surface area contributed by atoms with E-state index in [1.165, 1.54) is 0 Å². The summed E-state index contributed by atoms with van der Waals surface area (Å²) in [5.74, 6) is 0. The number of nitrogens with one attached hydrogen (secondary N) is 1. The van der Waals surface area contributed by atoms with Crippen LogP contribution in [0.2, 0.25) is 0 Å². The molecule has 0 unspecified atom stereocenters. The summed E-state index contributed by atoms with van der Waals surface area (Å²) in [5.41, 5.74) is 6.22. The van der Waals surface area contributed by atoms with Gasteiger partial charge in [0.15, 0.2) is 0 Å². The van der Waals surface area contributed by atoms with Gasteiger partial charge in [0.1, 0.15) is 4.99 Å². The number of aromatic amines is 1. The van der Waals surface area contributed by atoms with E-state index < -0.39 is 0 Å². The highest BCUT2D eigenvalue weighted by Crippen LogP contribution is 1.92. The third kappa shape index (κ3) is 1.65. The summed E-state index contributed by atoms with van der Waals surface area (Å²) in [6.45, 7) is 1.80. The maximum atomic E-state index is 11.1. The van der Waals surface area contributed by atoms with Crippen molar-refractivity contribution in [1.29, 1.82) is 0 Å². The molecule has 3 nitrogen and oxygen atoms in total. The molecule has 1 rings (SSSR count). The van der Waals surface area contributed by atoms with Crippen molar-refractivity contribution in [2.45, 2.75) is 6.92 Å². The van der Waals surface area contributed by atoms with Gasteiger partial charge >= 0.3 is 0 Å². The van der Waals surface area contributed by atoms with Gasteiger partial charge in [0.25, 0.3) is 5.56 Å². The first-order chi connectivity index (χ1) is 5.11. The molecule has 1 aromatic rings. The molecule has 0 radical (unpaired) electrons. The van der Waals surface area contributed by atoms with Crippen LogP contribution in [0.1, 0.15) is 11.3 Å². The Morgan fingerprint density at radius 1 is 1.64 bits per heavy atom. The molecule has 0 aliphatic carbocycles. The van der Waals surface area contributed by atoms with Crippen molar-refractivity contribution in [3.63, 3.8) is 0 Å². The predicted molar refractivity (Wildman–Crippen MR) is 47.7 cm³/mol. The molecule has 0 aliphatic heterocycles. The van der Waals surface area contributed by atoms with E-state index in [0.29, 0.717) is 5.56 Å². The lowest BCUT2D eigenvalue weighted by Gasteiger charge is -1.96. The number of aromatic nitrogens is 1. The number of hydrogen-bond donors (Lipinski definition) is 2. The molecule has 0 aliphatic rings. The van der Waals surface area contributed by atoms with Gasteiger partial charge in [-0.25, -0.2) is 0 Å². The Labute approximate surface area is 69.2 Å². The SMILES string of the molecule is Cc1ccc(C(N)=S)c(=O)[nH]1. The molecule has 3 N–H and O–H groups in total. The van der Waals surface area contributed by atoms with E-state index in [0.717, 1.165) is 5.69 Å². The van der Waals surface area contributed by atoms with E-state index in [4.69, 9.17) is 5.73 Å². The molecule has 1 heterocycles. The van der Waals surface area contributed by atoms with Crippen LogP contribution >= 0.6 is 12.2 Å². The largest absolute Gasteiger partial charge is 0.389 e. The van der Waals surface area contributed by atoms with Crippen molar-refractivity contribution in [2.24, 2.45) is 5.73 Å². The summed E-state index contributed by atoms with van der Waals surface area (Å²) < 4.78 is 0. The summed E-state index contributed by atoms with van der Waals surface area (Å²) in [5, 5.41) is 0. The first-order valence-electron chi connectivity index (χ1n) is 3.11. The van der Waals surface area contributed by atoms with Crippen LogP contribution in [0.5, 0.6) is 0 Å². The standard InChI is InChI=1S/C7H8N2OS/c1-4-2-3-5(6(8)11)7(10)9-4/h2-3H,1H3,(H2,8,11)(H,9,10). The zero-order chi connectivity index (χ0) is 8.43. The second kappa shape index (κ2) is 2.84. The summed E-state index contributed by atoms with van der Waals surface area (Å²) in [7, 11) is 0. The summed E-state index contributed by atoms with van der Waals surface area (Å²) in [4.78, 5) is 13.8. The van der Waals surface area contributed by atoms with E-state index in [-0.39, 0.29) is 10.5 Å². The second-order valence-corrected chi connectivity index (χ2v) is 2.69. The molecule has 0 aromatic carbocycles. The maximum Gasteiger partial charge on any atom is 0.258 e. The number of rotatable bonds is 1. The summed E-state index contributed by atoms with van der Waals surface area (Å²) in [6.07, 6.45) is 0. The fraction of sp³-hybridized carbons (Fsp3) is 0.143. The monoisotopic (exact) mass is 168 g/mol. The average molecular weight is 168 g/mol. The lowest BCUT2D eigenvalue weighted by Crippen LogP contribution is -2.22. The van der Waals surface area contributed by atoms with Crippen molar-refractivity contribution in [1.82, 2.24) is 4.98 Å². The summed E-state index contributed by atoms with van der Waals surface area (Å²) in [6, 6.07) is 3.38. The minimum atomic E-state index is -0.225. The zero-order valence-electron chi connectivity index (χ0n) is 6.05. The lowest BCUT2D eigenvalue weighted by molar-refractivity contribution is 1.13. The highest BCUT2D eigenvalue weighted by molar-refractivity contribution is 7.80. The third-order valence-corrected chi connectivity index (χ3v) is 1.54. The van der Waals surface area contributed by atoms with Gasteiger partial charge in [0.05, 0.1) is 5.56 Å². The number of thiocarbonyl (C=S) groups is 1. The Balaban J connectivity index is 3.32. The molecule has 0 bridgehead atoms. The van der Waals surface area contributed by atoms with E-state index in [1.807, 2.05) is 0 Å². The zero-order valence-corrected chi connectivity index (χ0v) is 6.87. The average Bonchev–Trinajstić information content (AvgIpc) is 1.85. The Kier molecular flexibility index (Phi) is 2.05. The molecular weight excluding hydrogens is 160 g/mol. The van der Waals surface area contributed by atoms with Gasteiger partial charge in [0.2, 0.25) is 0 Å². The van der Waals surface area contributed by atoms with E-state index >= 15 is 0 Å². The third-order valence-electron chi connectivity index (χ3n) is 1.32. The normalized spacial score (nSPS) is 9.55. The molecule has 0 saturated heterocycles. The number of nitrogens with two attached hydrogens (primary N) is 1. The van der Waals surface area contributed by atoms with Crippen LogP contribution in [0.25, 0.3) is 0 Å². The van der Waals surface area contributed by atoms with Gasteiger partial charge in [-0.3, -0.25) is 4.79 Å². The smallest absolute Gasteiger partial charge is 0.258 e. The molecule has 4 heteroatoms. The van der Waals surface area contributed by atoms with Crippen LogP contribution in [0.15, 0.2) is 16.9 Å². The van der Waals surface area contributed by atoms with Crippen LogP contribution in [0, 0.1) is 6.92 Å². The van der Waals surface area contributed by atoms with Crippen LogP contribution in [-0.2, 0) is 0 Å². The van der Waals surface area contributed by atoms with Gasteiger partial charge in [0, 0.05) is 5.69 Å².